The molecule has 1 aliphatic rings. The molecule has 1 aromatic rings. The van der Waals surface area contributed by atoms with Crippen molar-refractivity contribution >= 4 is 11.6 Å². The first kappa shape index (κ1) is 16.6. The number of rotatable bonds is 8. The van der Waals surface area contributed by atoms with Gasteiger partial charge in [-0.3, -0.25) is 4.79 Å². The van der Waals surface area contributed by atoms with Crippen molar-refractivity contribution in [2.45, 2.75) is 45.3 Å². The third-order valence-corrected chi connectivity index (χ3v) is 3.77. The van der Waals surface area contributed by atoms with Gasteiger partial charge in [-0.15, -0.1) is 0 Å². The topological polar surface area (TPSA) is 59.6 Å². The lowest BCUT2D eigenvalue weighted by Crippen LogP contribution is -2.36. The molecule has 2 unspecified atom stereocenters. The van der Waals surface area contributed by atoms with E-state index in [-0.39, 0.29) is 24.6 Å². The molecular formula is C17H26N2O3. The van der Waals surface area contributed by atoms with E-state index in [2.05, 4.69) is 10.6 Å². The van der Waals surface area contributed by atoms with Crippen LogP contribution >= 0.6 is 0 Å². The number of carbonyl (C=O) groups excluding carboxylic acids is 1. The predicted molar refractivity (Wildman–Crippen MR) is 87.3 cm³/mol. The van der Waals surface area contributed by atoms with Crippen molar-refractivity contribution < 1.29 is 14.3 Å². The zero-order chi connectivity index (χ0) is 15.8. The summed E-state index contributed by atoms with van der Waals surface area (Å²) in [5.41, 5.74) is 0.879. The average molecular weight is 306 g/mol. The second-order valence-corrected chi connectivity index (χ2v) is 5.70. The molecule has 2 rings (SSSR count). The van der Waals surface area contributed by atoms with E-state index in [0.29, 0.717) is 6.61 Å². The first-order chi connectivity index (χ1) is 10.7. The maximum Gasteiger partial charge on any atom is 0.239 e. The fourth-order valence-corrected chi connectivity index (χ4v) is 2.27. The normalized spacial score (nSPS) is 18.7. The summed E-state index contributed by atoms with van der Waals surface area (Å²) < 4.78 is 11.3. The van der Waals surface area contributed by atoms with Crippen molar-refractivity contribution in [1.82, 2.24) is 5.32 Å². The van der Waals surface area contributed by atoms with Gasteiger partial charge in [0.1, 0.15) is 12.4 Å². The highest BCUT2D eigenvalue weighted by atomic mass is 16.5. The largest absolute Gasteiger partial charge is 0.491 e. The van der Waals surface area contributed by atoms with Gasteiger partial charge in [0.2, 0.25) is 5.91 Å². The Hall–Kier alpha value is -1.75. The van der Waals surface area contributed by atoms with Crippen LogP contribution < -0.4 is 15.4 Å². The number of amides is 1. The van der Waals surface area contributed by atoms with E-state index in [1.807, 2.05) is 38.1 Å². The number of ether oxygens (including phenoxy) is 2. The van der Waals surface area contributed by atoms with Gasteiger partial charge >= 0.3 is 0 Å². The van der Waals surface area contributed by atoms with E-state index in [4.69, 9.17) is 9.47 Å². The van der Waals surface area contributed by atoms with Crippen LogP contribution in [0.25, 0.3) is 0 Å². The van der Waals surface area contributed by atoms with Gasteiger partial charge in [0.25, 0.3) is 0 Å². The molecule has 122 valence electrons. The molecule has 5 heteroatoms. The fourth-order valence-electron chi connectivity index (χ4n) is 2.27. The van der Waals surface area contributed by atoms with Gasteiger partial charge in [0, 0.05) is 24.4 Å². The lowest BCUT2D eigenvalue weighted by Gasteiger charge is -2.14. The lowest BCUT2D eigenvalue weighted by atomic mass is 10.2. The van der Waals surface area contributed by atoms with Gasteiger partial charge in [-0.2, -0.15) is 0 Å². The third-order valence-electron chi connectivity index (χ3n) is 3.77. The number of anilines is 1. The Morgan fingerprint density at radius 1 is 1.50 bits per heavy atom. The summed E-state index contributed by atoms with van der Waals surface area (Å²) in [4.78, 5) is 11.7. The van der Waals surface area contributed by atoms with E-state index in [9.17, 15) is 4.79 Å². The smallest absolute Gasteiger partial charge is 0.239 e. The van der Waals surface area contributed by atoms with E-state index < -0.39 is 0 Å². The average Bonchev–Trinajstić information content (AvgIpc) is 3.05. The number of hydrogen-bond donors (Lipinski definition) is 2. The standard InChI is InChI=1S/C17H26N2O3/c1-3-13(2)19-17(20)11-18-14-6-4-7-15(10-14)22-12-16-8-5-9-21-16/h4,6-7,10,13,16,18H,3,5,8-9,11-12H2,1-2H3,(H,19,20). The summed E-state index contributed by atoms with van der Waals surface area (Å²) in [5, 5.41) is 6.05. The highest BCUT2D eigenvalue weighted by Crippen LogP contribution is 2.19. The Labute approximate surface area is 132 Å². The van der Waals surface area contributed by atoms with Crippen molar-refractivity contribution in [2.75, 3.05) is 25.1 Å². The molecule has 1 aliphatic heterocycles. The molecule has 22 heavy (non-hydrogen) atoms. The molecule has 1 amide bonds. The van der Waals surface area contributed by atoms with Crippen molar-refractivity contribution in [1.29, 1.82) is 0 Å². The predicted octanol–water partition coefficient (Wildman–Crippen LogP) is 2.57. The molecule has 0 spiro atoms. The Bertz CT molecular complexity index is 473. The van der Waals surface area contributed by atoms with Crippen molar-refractivity contribution in [3.63, 3.8) is 0 Å². The third kappa shape index (κ3) is 5.56. The Morgan fingerprint density at radius 2 is 2.36 bits per heavy atom. The van der Waals surface area contributed by atoms with E-state index in [1.165, 1.54) is 0 Å². The minimum atomic E-state index is 0.0000250. The maximum atomic E-state index is 11.7. The molecule has 0 aromatic heterocycles. The number of benzene rings is 1. The van der Waals surface area contributed by atoms with Gasteiger partial charge in [0.15, 0.2) is 0 Å². The van der Waals surface area contributed by atoms with Crippen LogP contribution in [0.5, 0.6) is 5.75 Å². The molecular weight excluding hydrogens is 280 g/mol. The van der Waals surface area contributed by atoms with E-state index in [0.717, 1.165) is 37.3 Å². The lowest BCUT2D eigenvalue weighted by molar-refractivity contribution is -0.120. The summed E-state index contributed by atoms with van der Waals surface area (Å²) in [5.74, 6) is 0.794. The first-order valence-electron chi connectivity index (χ1n) is 8.05. The van der Waals surface area contributed by atoms with Crippen molar-refractivity contribution in [3.05, 3.63) is 24.3 Å². The molecule has 1 fully saturated rings. The Kier molecular flexibility index (Phi) is 6.52. The van der Waals surface area contributed by atoms with Gasteiger partial charge < -0.3 is 20.1 Å². The number of hydrogen-bond acceptors (Lipinski definition) is 4. The maximum absolute atomic E-state index is 11.7. The SMILES string of the molecule is CCC(C)NC(=O)CNc1cccc(OCC2CCCO2)c1. The highest BCUT2D eigenvalue weighted by Gasteiger charge is 2.16. The number of carbonyl (C=O) groups is 1. The quantitative estimate of drug-likeness (QED) is 0.775. The molecule has 0 bridgehead atoms. The van der Waals surface area contributed by atoms with Crippen molar-refractivity contribution in [3.8, 4) is 5.75 Å². The summed E-state index contributed by atoms with van der Waals surface area (Å²) in [6, 6.07) is 7.87. The van der Waals surface area contributed by atoms with Crippen LogP contribution in [-0.4, -0.2) is 37.8 Å². The highest BCUT2D eigenvalue weighted by molar-refractivity contribution is 5.81. The summed E-state index contributed by atoms with van der Waals surface area (Å²) in [7, 11) is 0. The van der Waals surface area contributed by atoms with Crippen LogP contribution in [-0.2, 0) is 9.53 Å². The van der Waals surface area contributed by atoms with Crippen molar-refractivity contribution in [2.24, 2.45) is 0 Å². The van der Waals surface area contributed by atoms with Crippen LogP contribution in [0.4, 0.5) is 5.69 Å². The molecule has 1 aromatic carbocycles. The molecule has 1 saturated heterocycles. The molecule has 1 heterocycles. The Morgan fingerprint density at radius 3 is 3.09 bits per heavy atom. The number of nitrogens with one attached hydrogen (secondary N) is 2. The summed E-state index contributed by atoms with van der Waals surface area (Å²) in [6.45, 7) is 5.73. The second kappa shape index (κ2) is 8.63. The molecule has 0 radical (unpaired) electrons. The molecule has 0 saturated carbocycles. The zero-order valence-electron chi connectivity index (χ0n) is 13.4. The van der Waals surface area contributed by atoms with Crippen LogP contribution in [0, 0.1) is 0 Å². The summed E-state index contributed by atoms with van der Waals surface area (Å²) >= 11 is 0. The van der Waals surface area contributed by atoms with Gasteiger partial charge in [-0.1, -0.05) is 13.0 Å². The van der Waals surface area contributed by atoms with E-state index in [1.54, 1.807) is 0 Å². The van der Waals surface area contributed by atoms with Crippen LogP contribution in [0.3, 0.4) is 0 Å². The van der Waals surface area contributed by atoms with Crippen LogP contribution in [0.15, 0.2) is 24.3 Å². The molecule has 2 N–H and O–H groups in total. The van der Waals surface area contributed by atoms with E-state index >= 15 is 0 Å². The second-order valence-electron chi connectivity index (χ2n) is 5.70. The van der Waals surface area contributed by atoms with Crippen LogP contribution in [0.2, 0.25) is 0 Å². The molecule has 0 aliphatic carbocycles. The van der Waals surface area contributed by atoms with Crippen LogP contribution in [0.1, 0.15) is 33.1 Å². The minimum absolute atomic E-state index is 0.0000250. The fraction of sp³-hybridized carbons (Fsp3) is 0.588. The Balaban J connectivity index is 1.76. The van der Waals surface area contributed by atoms with Gasteiger partial charge in [-0.05, 0) is 38.3 Å². The monoisotopic (exact) mass is 306 g/mol. The molecule has 5 nitrogen and oxygen atoms in total. The summed E-state index contributed by atoms with van der Waals surface area (Å²) in [6.07, 6.45) is 3.31. The first-order valence-corrected chi connectivity index (χ1v) is 8.05. The minimum Gasteiger partial charge on any atom is -0.491 e. The zero-order valence-corrected chi connectivity index (χ0v) is 13.4. The van der Waals surface area contributed by atoms with Gasteiger partial charge in [-0.25, -0.2) is 0 Å². The van der Waals surface area contributed by atoms with Gasteiger partial charge in [0.05, 0.1) is 12.6 Å². The molecule has 2 atom stereocenters.